The van der Waals surface area contributed by atoms with Crippen molar-refractivity contribution in [2.45, 2.75) is 58.6 Å². The summed E-state index contributed by atoms with van der Waals surface area (Å²) in [5.74, 6) is 0. The Morgan fingerprint density at radius 1 is 1.11 bits per heavy atom. The van der Waals surface area contributed by atoms with Gasteiger partial charge in [0.25, 0.3) is 0 Å². The smallest absolute Gasteiger partial charge is 0.0771 e. The van der Waals surface area contributed by atoms with Crippen molar-refractivity contribution in [2.75, 3.05) is 6.54 Å². The van der Waals surface area contributed by atoms with Gasteiger partial charge >= 0.3 is 0 Å². The Hall–Kier alpha value is -0.860. The molecule has 1 saturated carbocycles. The topological polar surface area (TPSA) is 32.3 Å². The highest BCUT2D eigenvalue weighted by molar-refractivity contribution is 5.37. The summed E-state index contributed by atoms with van der Waals surface area (Å²) < 4.78 is 0. The normalized spacial score (nSPS) is 18.2. The van der Waals surface area contributed by atoms with E-state index in [9.17, 15) is 5.11 Å². The predicted octanol–water partition coefficient (Wildman–Crippen LogP) is 3.01. The average molecular weight is 247 g/mol. The van der Waals surface area contributed by atoms with Crippen LogP contribution in [0.3, 0.4) is 0 Å². The Labute approximate surface area is 110 Å². The first-order valence-corrected chi connectivity index (χ1v) is 7.00. The fourth-order valence-electron chi connectivity index (χ4n) is 3.12. The molecule has 0 saturated heterocycles. The first kappa shape index (κ1) is 13.6. The van der Waals surface area contributed by atoms with Gasteiger partial charge in [-0.05, 0) is 50.3 Å². The van der Waals surface area contributed by atoms with Gasteiger partial charge in [0.15, 0.2) is 0 Å². The molecule has 0 aliphatic heterocycles. The maximum Gasteiger partial charge on any atom is 0.0771 e. The summed E-state index contributed by atoms with van der Waals surface area (Å²) in [5, 5.41) is 13.7. The van der Waals surface area contributed by atoms with Gasteiger partial charge in [-0.2, -0.15) is 0 Å². The van der Waals surface area contributed by atoms with Gasteiger partial charge in [-0.15, -0.1) is 0 Å². The molecule has 18 heavy (non-hydrogen) atoms. The van der Waals surface area contributed by atoms with Crippen molar-refractivity contribution in [3.63, 3.8) is 0 Å². The summed E-state index contributed by atoms with van der Waals surface area (Å²) in [7, 11) is 0. The molecule has 0 heterocycles. The maximum absolute atomic E-state index is 10.3. The van der Waals surface area contributed by atoms with E-state index in [0.29, 0.717) is 0 Å². The number of nitrogens with one attached hydrogen (secondary N) is 1. The van der Waals surface area contributed by atoms with Crippen molar-refractivity contribution in [1.82, 2.24) is 5.32 Å². The largest absolute Gasteiger partial charge is 0.389 e. The maximum atomic E-state index is 10.3. The summed E-state index contributed by atoms with van der Waals surface area (Å²) in [6.45, 7) is 8.06. The first-order valence-electron chi connectivity index (χ1n) is 7.00. The van der Waals surface area contributed by atoms with Crippen LogP contribution in [0.5, 0.6) is 0 Å². The zero-order valence-electron chi connectivity index (χ0n) is 11.8. The van der Waals surface area contributed by atoms with E-state index in [1.165, 1.54) is 35.1 Å². The molecule has 2 N–H and O–H groups in total. The fourth-order valence-corrected chi connectivity index (χ4v) is 3.12. The molecule has 1 aromatic carbocycles. The lowest BCUT2D eigenvalue weighted by Crippen LogP contribution is -2.37. The van der Waals surface area contributed by atoms with Gasteiger partial charge in [-0.1, -0.05) is 30.5 Å². The molecule has 0 amide bonds. The SMILES string of the molecule is Cc1cc(C)c(CNCC2(O)CCCC2)c(C)c1. The predicted molar refractivity (Wildman–Crippen MR) is 75.8 cm³/mol. The monoisotopic (exact) mass is 247 g/mol. The molecule has 2 rings (SSSR count). The van der Waals surface area contributed by atoms with E-state index in [2.05, 4.69) is 38.2 Å². The summed E-state index contributed by atoms with van der Waals surface area (Å²) in [6, 6.07) is 4.46. The van der Waals surface area contributed by atoms with E-state index in [1.807, 2.05) is 0 Å². The Kier molecular flexibility index (Phi) is 4.08. The number of hydrogen-bond donors (Lipinski definition) is 2. The molecule has 0 spiro atoms. The van der Waals surface area contributed by atoms with Gasteiger partial charge in [-0.25, -0.2) is 0 Å². The Morgan fingerprint density at radius 3 is 2.22 bits per heavy atom. The van der Waals surface area contributed by atoms with E-state index in [4.69, 9.17) is 0 Å². The van der Waals surface area contributed by atoms with E-state index < -0.39 is 5.60 Å². The first-order chi connectivity index (χ1) is 8.50. The number of aryl methyl sites for hydroxylation is 3. The average Bonchev–Trinajstić information content (AvgIpc) is 2.69. The standard InChI is InChI=1S/C16H25NO/c1-12-8-13(2)15(14(3)9-12)10-17-11-16(18)6-4-5-7-16/h8-9,17-18H,4-7,10-11H2,1-3H3. The summed E-state index contributed by atoms with van der Waals surface area (Å²) in [5.41, 5.74) is 4.94. The van der Waals surface area contributed by atoms with Crippen molar-refractivity contribution in [3.05, 3.63) is 34.4 Å². The second-order valence-electron chi connectivity index (χ2n) is 5.91. The number of benzene rings is 1. The zero-order valence-corrected chi connectivity index (χ0v) is 11.8. The molecule has 1 aliphatic carbocycles. The van der Waals surface area contributed by atoms with Crippen LogP contribution in [0.1, 0.15) is 47.9 Å². The van der Waals surface area contributed by atoms with E-state index in [0.717, 1.165) is 25.9 Å². The molecule has 0 radical (unpaired) electrons. The summed E-state index contributed by atoms with van der Waals surface area (Å²) in [6.07, 6.45) is 4.24. The van der Waals surface area contributed by atoms with Crippen LogP contribution in [0, 0.1) is 20.8 Å². The highest BCUT2D eigenvalue weighted by Gasteiger charge is 2.30. The Balaban J connectivity index is 1.94. The molecule has 1 aliphatic rings. The van der Waals surface area contributed by atoms with Crippen molar-refractivity contribution in [3.8, 4) is 0 Å². The van der Waals surface area contributed by atoms with E-state index in [-0.39, 0.29) is 0 Å². The molecule has 0 unspecified atom stereocenters. The van der Waals surface area contributed by atoms with Crippen molar-refractivity contribution < 1.29 is 5.11 Å². The zero-order chi connectivity index (χ0) is 13.2. The number of rotatable bonds is 4. The van der Waals surface area contributed by atoms with Crippen LogP contribution in [0.4, 0.5) is 0 Å². The van der Waals surface area contributed by atoms with Crippen LogP contribution in [-0.4, -0.2) is 17.3 Å². The lowest BCUT2D eigenvalue weighted by molar-refractivity contribution is 0.0474. The van der Waals surface area contributed by atoms with Crippen molar-refractivity contribution in [1.29, 1.82) is 0 Å². The molecule has 1 aromatic rings. The summed E-state index contributed by atoms with van der Waals surface area (Å²) in [4.78, 5) is 0. The van der Waals surface area contributed by atoms with Gasteiger partial charge in [0.05, 0.1) is 5.60 Å². The molecule has 0 bridgehead atoms. The molecule has 100 valence electrons. The van der Waals surface area contributed by atoms with E-state index >= 15 is 0 Å². The highest BCUT2D eigenvalue weighted by atomic mass is 16.3. The quantitative estimate of drug-likeness (QED) is 0.857. The minimum Gasteiger partial charge on any atom is -0.389 e. The summed E-state index contributed by atoms with van der Waals surface area (Å²) >= 11 is 0. The van der Waals surface area contributed by atoms with Crippen LogP contribution in [0.15, 0.2) is 12.1 Å². The Bertz CT molecular complexity index is 396. The number of hydrogen-bond acceptors (Lipinski definition) is 2. The van der Waals surface area contributed by atoms with Crippen LogP contribution >= 0.6 is 0 Å². The van der Waals surface area contributed by atoms with Gasteiger partial charge in [0.2, 0.25) is 0 Å². The van der Waals surface area contributed by atoms with Gasteiger partial charge < -0.3 is 10.4 Å². The molecular formula is C16H25NO. The lowest BCUT2D eigenvalue weighted by atomic mass is 9.99. The molecule has 0 aromatic heterocycles. The van der Waals surface area contributed by atoms with Gasteiger partial charge in [0, 0.05) is 13.1 Å². The minimum absolute atomic E-state index is 0.452. The lowest BCUT2D eigenvalue weighted by Gasteiger charge is -2.23. The van der Waals surface area contributed by atoms with Crippen LogP contribution in [0.2, 0.25) is 0 Å². The van der Waals surface area contributed by atoms with Gasteiger partial charge in [-0.3, -0.25) is 0 Å². The third kappa shape index (κ3) is 3.12. The van der Waals surface area contributed by atoms with Crippen LogP contribution in [0.25, 0.3) is 0 Å². The van der Waals surface area contributed by atoms with E-state index in [1.54, 1.807) is 0 Å². The Morgan fingerprint density at radius 2 is 1.67 bits per heavy atom. The van der Waals surface area contributed by atoms with Gasteiger partial charge in [0.1, 0.15) is 0 Å². The van der Waals surface area contributed by atoms with Crippen LogP contribution < -0.4 is 5.32 Å². The molecule has 2 nitrogen and oxygen atoms in total. The van der Waals surface area contributed by atoms with Crippen LogP contribution in [-0.2, 0) is 6.54 Å². The molecule has 1 fully saturated rings. The number of aliphatic hydroxyl groups is 1. The second kappa shape index (κ2) is 5.41. The van der Waals surface area contributed by atoms with Crippen molar-refractivity contribution in [2.24, 2.45) is 0 Å². The second-order valence-corrected chi connectivity index (χ2v) is 5.91. The fraction of sp³-hybridized carbons (Fsp3) is 0.625. The third-order valence-electron chi connectivity index (χ3n) is 4.13. The highest BCUT2D eigenvalue weighted by Crippen LogP contribution is 2.28. The minimum atomic E-state index is -0.452. The molecule has 2 heteroatoms. The third-order valence-corrected chi connectivity index (χ3v) is 4.13. The molecular weight excluding hydrogens is 222 g/mol. The van der Waals surface area contributed by atoms with Crippen molar-refractivity contribution >= 4 is 0 Å². The molecule has 0 atom stereocenters.